The highest BCUT2D eigenvalue weighted by Gasteiger charge is 2.36. The normalized spacial score (nSPS) is 12.6. The summed E-state index contributed by atoms with van der Waals surface area (Å²) in [5.41, 5.74) is 14.6. The molecule has 0 radical (unpaired) electrons. The van der Waals surface area contributed by atoms with E-state index >= 15 is 0 Å². The average Bonchev–Trinajstić information content (AvgIpc) is 3.94. The number of hydrogen-bond donors (Lipinski definition) is 0. The van der Waals surface area contributed by atoms with Crippen LogP contribution in [0.15, 0.2) is 183 Å². The van der Waals surface area contributed by atoms with Crippen LogP contribution < -0.4 is 42.5 Å². The van der Waals surface area contributed by atoms with Crippen molar-refractivity contribution in [2.45, 2.75) is 26.2 Å². The van der Waals surface area contributed by atoms with E-state index in [4.69, 9.17) is 29.4 Å². The summed E-state index contributed by atoms with van der Waals surface area (Å²) in [7, 11) is 0. The molecule has 0 atom stereocenters. The van der Waals surface area contributed by atoms with Gasteiger partial charge in [-0.1, -0.05) is 115 Å². The van der Waals surface area contributed by atoms with E-state index in [1.807, 2.05) is 49.1 Å². The van der Waals surface area contributed by atoms with Crippen molar-refractivity contribution in [2.75, 3.05) is 0 Å². The third-order valence-electron chi connectivity index (χ3n) is 12.6. The van der Waals surface area contributed by atoms with Crippen LogP contribution >= 0.6 is 0 Å². The lowest BCUT2D eigenvalue weighted by Gasteiger charge is -2.18. The van der Waals surface area contributed by atoms with Crippen molar-refractivity contribution in [3.8, 4) is 51.2 Å². The number of pyridine rings is 2. The Bertz CT molecular complexity index is 3210. The van der Waals surface area contributed by atoms with Gasteiger partial charge in [-0.15, -0.1) is 0 Å². The summed E-state index contributed by atoms with van der Waals surface area (Å²) in [6.45, 7) is 6.56. The Labute approximate surface area is 366 Å². The third-order valence-corrected chi connectivity index (χ3v) is 12.6. The zero-order chi connectivity index (χ0) is 42.2. The molecule has 0 bridgehead atoms. The summed E-state index contributed by atoms with van der Waals surface area (Å²) in [6, 6.07) is 54.8. The summed E-state index contributed by atoms with van der Waals surface area (Å²) < 4.78 is 15.6. The van der Waals surface area contributed by atoms with Crippen molar-refractivity contribution in [3.05, 3.63) is 188 Å². The highest BCUT2D eigenvalue weighted by atomic mass is 16.5. The van der Waals surface area contributed by atoms with Gasteiger partial charge < -0.3 is 9.47 Å². The van der Waals surface area contributed by atoms with Gasteiger partial charge in [-0.2, -0.15) is 0 Å². The number of nitrogens with zero attached hydrogens (tertiary/aromatic N) is 5. The Morgan fingerprint density at radius 2 is 0.857 bits per heavy atom. The first-order valence-electron chi connectivity index (χ1n) is 21.4. The van der Waals surface area contributed by atoms with Gasteiger partial charge in [-0.05, 0) is 106 Å². The Kier molecular flexibility index (Phi) is 8.48. The molecule has 0 saturated carbocycles. The van der Waals surface area contributed by atoms with Crippen LogP contribution in [0.5, 0.6) is 23.0 Å². The number of rotatable bonds is 7. The lowest BCUT2D eigenvalue weighted by atomic mass is 9.40. The zero-order valence-electron chi connectivity index (χ0n) is 35.0. The molecule has 2 aliphatic heterocycles. The third kappa shape index (κ3) is 6.22. The van der Waals surface area contributed by atoms with Crippen molar-refractivity contribution in [3.63, 3.8) is 0 Å². The maximum atomic E-state index is 6.74. The van der Waals surface area contributed by atoms with Gasteiger partial charge in [-0.25, -0.2) is 9.97 Å². The maximum absolute atomic E-state index is 6.74. The number of fused-ring (bicyclic) bond motifs is 9. The van der Waals surface area contributed by atoms with Crippen LogP contribution in [0.25, 0.3) is 50.0 Å². The minimum atomic E-state index is -0.0962. The van der Waals surface area contributed by atoms with Crippen molar-refractivity contribution in [1.82, 2.24) is 24.5 Å². The predicted molar refractivity (Wildman–Crippen MR) is 257 cm³/mol. The Morgan fingerprint density at radius 1 is 0.429 bits per heavy atom. The van der Waals surface area contributed by atoms with Crippen LogP contribution in [0.2, 0.25) is 0 Å². The molecule has 298 valence electrons. The van der Waals surface area contributed by atoms with Gasteiger partial charge in [0.2, 0.25) is 5.95 Å². The number of hydrogen-bond acceptors (Lipinski definition) is 6. The fourth-order valence-corrected chi connectivity index (χ4v) is 9.65. The van der Waals surface area contributed by atoms with Crippen molar-refractivity contribution >= 4 is 68.3 Å². The number of ether oxygens (including phenoxy) is 2. The second-order valence-electron chi connectivity index (χ2n) is 17.5. The average molecular weight is 812 g/mol. The standard InChI is InChI=1S/C54H39B2N5O2/c1-54(2,3)34-32-59-53(60-33-34)61-49-30-37(62-35-18-22-41-39-12-4-6-14-45(39)55(47(41)28-35)51-16-8-10-26-57-51)20-24-43(49)44-25-21-38(31-50(44)61)63-36-19-23-42-40-13-5-7-15-46(40)56(48(42)29-36)52-17-9-11-27-58-52/h4-33H,1-3H3. The fourth-order valence-electron chi connectivity index (χ4n) is 9.65. The molecule has 10 aromatic rings. The zero-order valence-corrected chi connectivity index (χ0v) is 35.0. The highest BCUT2D eigenvalue weighted by molar-refractivity contribution is 6.99. The molecule has 0 saturated heterocycles. The minimum absolute atomic E-state index is 0.0194. The molecule has 0 amide bonds. The Balaban J connectivity index is 0.938. The van der Waals surface area contributed by atoms with Crippen LogP contribution in [0.3, 0.4) is 0 Å². The summed E-state index contributed by atoms with van der Waals surface area (Å²) in [5, 5.41) is 2.11. The van der Waals surface area contributed by atoms with E-state index in [1.54, 1.807) is 0 Å². The Hall–Kier alpha value is -7.77. The van der Waals surface area contributed by atoms with Gasteiger partial charge in [0.15, 0.2) is 0 Å². The molecule has 0 N–H and O–H groups in total. The largest absolute Gasteiger partial charge is 0.457 e. The molecule has 63 heavy (non-hydrogen) atoms. The highest BCUT2D eigenvalue weighted by Crippen LogP contribution is 2.38. The van der Waals surface area contributed by atoms with Gasteiger partial charge in [0.25, 0.3) is 13.4 Å². The molecule has 7 nitrogen and oxygen atoms in total. The van der Waals surface area contributed by atoms with Gasteiger partial charge in [0.1, 0.15) is 23.0 Å². The lowest BCUT2D eigenvalue weighted by Crippen LogP contribution is -2.50. The monoisotopic (exact) mass is 811 g/mol. The predicted octanol–water partition coefficient (Wildman–Crippen LogP) is 8.24. The summed E-state index contributed by atoms with van der Waals surface area (Å²) in [6.07, 6.45) is 7.60. The van der Waals surface area contributed by atoms with Crippen LogP contribution in [0.1, 0.15) is 26.3 Å². The minimum Gasteiger partial charge on any atom is -0.457 e. The maximum Gasteiger partial charge on any atom is 0.266 e. The van der Waals surface area contributed by atoms with E-state index in [9.17, 15) is 0 Å². The van der Waals surface area contributed by atoms with E-state index in [0.29, 0.717) is 17.4 Å². The van der Waals surface area contributed by atoms with E-state index in [2.05, 4.69) is 159 Å². The van der Waals surface area contributed by atoms with E-state index in [-0.39, 0.29) is 18.8 Å². The second-order valence-corrected chi connectivity index (χ2v) is 17.5. The molecule has 6 aromatic carbocycles. The molecule has 0 unspecified atom stereocenters. The van der Waals surface area contributed by atoms with Crippen molar-refractivity contribution in [1.29, 1.82) is 0 Å². The summed E-state index contributed by atoms with van der Waals surface area (Å²) >= 11 is 0. The molecule has 2 aliphatic rings. The molecular weight excluding hydrogens is 772 g/mol. The molecule has 4 aromatic heterocycles. The molecule has 6 heterocycles. The molecular formula is C54H39B2N5O2. The van der Waals surface area contributed by atoms with E-state index in [0.717, 1.165) is 50.1 Å². The smallest absolute Gasteiger partial charge is 0.266 e. The first kappa shape index (κ1) is 37.0. The van der Waals surface area contributed by atoms with Crippen molar-refractivity contribution in [2.24, 2.45) is 0 Å². The number of aromatic nitrogens is 5. The summed E-state index contributed by atoms with van der Waals surface area (Å²) in [5.74, 6) is 3.50. The fraction of sp³-hybridized carbons (Fsp3) is 0.0741. The van der Waals surface area contributed by atoms with Crippen molar-refractivity contribution < 1.29 is 9.47 Å². The molecule has 12 rings (SSSR count). The molecule has 0 spiro atoms. The lowest BCUT2D eigenvalue weighted by molar-refractivity contribution is 0.483. The van der Waals surface area contributed by atoms with Gasteiger partial charge in [0.05, 0.1) is 11.0 Å². The van der Waals surface area contributed by atoms with Gasteiger partial charge in [-0.3, -0.25) is 14.5 Å². The van der Waals surface area contributed by atoms with Gasteiger partial charge >= 0.3 is 0 Å². The SMILES string of the molecule is CC(C)(C)c1cnc(-n2c3cc(Oc4ccc5c(c4)B(c4ccccn4)c4ccccc4-5)ccc3c3ccc(Oc4ccc5c(c4)B(c4ccccn4)c4ccccc4-5)cc32)nc1. The topological polar surface area (TPSA) is 75.0 Å². The Morgan fingerprint density at radius 3 is 1.32 bits per heavy atom. The van der Waals surface area contributed by atoms with Crippen LogP contribution in [0, 0.1) is 0 Å². The molecule has 0 fully saturated rings. The van der Waals surface area contributed by atoms with E-state index < -0.39 is 0 Å². The van der Waals surface area contributed by atoms with E-state index in [1.165, 1.54) is 44.1 Å². The quantitative estimate of drug-likeness (QED) is 0.151. The van der Waals surface area contributed by atoms with Crippen LogP contribution in [-0.2, 0) is 5.41 Å². The second kappa shape index (κ2) is 14.4. The van der Waals surface area contributed by atoms with Gasteiger partial charge in [0, 0.05) is 58.9 Å². The van der Waals surface area contributed by atoms with Crippen LogP contribution in [-0.4, -0.2) is 37.9 Å². The van der Waals surface area contributed by atoms with Crippen LogP contribution in [0.4, 0.5) is 0 Å². The molecule has 0 aliphatic carbocycles. The first-order chi connectivity index (χ1) is 30.9. The summed E-state index contributed by atoms with van der Waals surface area (Å²) in [4.78, 5) is 19.5. The molecule has 9 heteroatoms. The number of benzene rings is 6. The first-order valence-corrected chi connectivity index (χ1v) is 21.4.